The summed E-state index contributed by atoms with van der Waals surface area (Å²) in [6.07, 6.45) is 5.64. The Hall–Kier alpha value is -3.11. The molecule has 3 heterocycles. The summed E-state index contributed by atoms with van der Waals surface area (Å²) >= 11 is 0. The standard InChI is InChI=1S/C29H39BN4O5/c1-17(2)24(33-27(36)37-7)26(35)34-16-20(18-8-9-18)14-23(34)25-31-15-22(32-25)19-10-12-21(13-11-19)30-38-28(3,4)29(5,6)39-30/h10-15,17-18,23-24H,8-9,16H2,1-7H3,(H,31,32)(H,33,36). The number of aromatic nitrogens is 2. The summed E-state index contributed by atoms with van der Waals surface area (Å²) in [5.74, 6) is 0.979. The van der Waals surface area contributed by atoms with Crippen molar-refractivity contribution in [3.8, 4) is 11.3 Å². The minimum Gasteiger partial charge on any atom is -0.453 e. The lowest BCUT2D eigenvalue weighted by Gasteiger charge is -2.32. The van der Waals surface area contributed by atoms with Crippen molar-refractivity contribution in [1.29, 1.82) is 0 Å². The fourth-order valence-corrected chi connectivity index (χ4v) is 5.11. The summed E-state index contributed by atoms with van der Waals surface area (Å²) < 4.78 is 17.1. The largest absolute Gasteiger partial charge is 0.494 e. The van der Waals surface area contributed by atoms with E-state index in [-0.39, 0.29) is 17.9 Å². The van der Waals surface area contributed by atoms with Crippen LogP contribution in [0.5, 0.6) is 0 Å². The number of carbonyl (C=O) groups is 2. The van der Waals surface area contributed by atoms with Gasteiger partial charge in [-0.3, -0.25) is 4.79 Å². The van der Waals surface area contributed by atoms with Crippen LogP contribution in [0.3, 0.4) is 0 Å². The average Bonchev–Trinajstić information content (AvgIpc) is 3.36. The molecule has 1 aliphatic carbocycles. The summed E-state index contributed by atoms with van der Waals surface area (Å²) in [4.78, 5) is 35.6. The zero-order valence-electron chi connectivity index (χ0n) is 23.9. The third kappa shape index (κ3) is 5.36. The van der Waals surface area contributed by atoms with Crippen LogP contribution in [0.1, 0.15) is 66.3 Å². The van der Waals surface area contributed by atoms with Crippen LogP contribution in [0.4, 0.5) is 4.79 Å². The SMILES string of the molecule is COC(=O)NC(C(=O)N1CC(C2CC2)=CC1c1ncc(-c2ccc(B3OC(C)(C)C(C)(C)O3)cc2)[nH]1)C(C)C. The Kier molecular flexibility index (Phi) is 7.14. The van der Waals surface area contributed by atoms with Crippen LogP contribution in [-0.4, -0.2) is 64.9 Å². The lowest BCUT2D eigenvalue weighted by Crippen LogP contribution is -2.51. The van der Waals surface area contributed by atoms with Gasteiger partial charge in [0, 0.05) is 6.54 Å². The number of amides is 2. The number of benzene rings is 1. The van der Waals surface area contributed by atoms with Gasteiger partial charge >= 0.3 is 13.2 Å². The maximum absolute atomic E-state index is 13.7. The van der Waals surface area contributed by atoms with Gasteiger partial charge in [-0.15, -0.1) is 0 Å². The normalized spacial score (nSPS) is 22.7. The first-order valence-electron chi connectivity index (χ1n) is 13.8. The van der Waals surface area contributed by atoms with E-state index >= 15 is 0 Å². The van der Waals surface area contributed by atoms with Crippen LogP contribution < -0.4 is 10.8 Å². The van der Waals surface area contributed by atoms with E-state index in [1.54, 1.807) is 6.20 Å². The maximum Gasteiger partial charge on any atom is 0.494 e. The molecule has 3 aliphatic rings. The molecule has 2 N–H and O–H groups in total. The Labute approximate surface area is 230 Å². The fourth-order valence-electron chi connectivity index (χ4n) is 5.11. The number of H-pyrrole nitrogens is 1. The quantitative estimate of drug-likeness (QED) is 0.412. The Morgan fingerprint density at radius 3 is 2.33 bits per heavy atom. The van der Waals surface area contributed by atoms with Gasteiger partial charge in [-0.05, 0) is 69.0 Å². The smallest absolute Gasteiger partial charge is 0.453 e. The molecule has 2 aromatic rings. The van der Waals surface area contributed by atoms with Crippen LogP contribution in [-0.2, 0) is 18.8 Å². The van der Waals surface area contributed by atoms with Crippen LogP contribution in [0.25, 0.3) is 11.3 Å². The highest BCUT2D eigenvalue weighted by Gasteiger charge is 2.51. The van der Waals surface area contributed by atoms with Gasteiger partial charge in [0.1, 0.15) is 17.9 Å². The molecule has 2 unspecified atom stereocenters. The topological polar surface area (TPSA) is 106 Å². The Balaban J connectivity index is 1.36. The highest BCUT2D eigenvalue weighted by molar-refractivity contribution is 6.62. The molecule has 1 aromatic carbocycles. The van der Waals surface area contributed by atoms with E-state index < -0.39 is 30.5 Å². The van der Waals surface area contributed by atoms with Crippen molar-refractivity contribution in [3.63, 3.8) is 0 Å². The highest BCUT2D eigenvalue weighted by atomic mass is 16.7. The number of nitrogens with one attached hydrogen (secondary N) is 2. The minimum absolute atomic E-state index is 0.100. The number of aromatic amines is 1. The number of alkyl carbamates (subject to hydrolysis) is 1. The summed E-state index contributed by atoms with van der Waals surface area (Å²) in [5.41, 5.74) is 3.26. The van der Waals surface area contributed by atoms with E-state index in [4.69, 9.17) is 14.0 Å². The van der Waals surface area contributed by atoms with E-state index in [0.717, 1.165) is 29.6 Å². The third-order valence-electron chi connectivity index (χ3n) is 8.46. The van der Waals surface area contributed by atoms with Crippen molar-refractivity contribution >= 4 is 24.6 Å². The summed E-state index contributed by atoms with van der Waals surface area (Å²) in [7, 11) is 0.882. The number of imidazole rings is 1. The molecule has 1 aromatic heterocycles. The molecule has 2 aliphatic heterocycles. The van der Waals surface area contributed by atoms with Gasteiger partial charge in [0.15, 0.2) is 0 Å². The first-order chi connectivity index (χ1) is 18.4. The number of methoxy groups -OCH3 is 1. The number of ether oxygens (including phenoxy) is 1. The van der Waals surface area contributed by atoms with Gasteiger partial charge in [0.2, 0.25) is 5.91 Å². The van der Waals surface area contributed by atoms with Crippen LogP contribution in [0, 0.1) is 11.8 Å². The Bertz CT molecular complexity index is 1250. The number of rotatable bonds is 7. The van der Waals surface area contributed by atoms with E-state index in [2.05, 4.69) is 21.4 Å². The van der Waals surface area contributed by atoms with Crippen molar-refractivity contribution in [3.05, 3.63) is 47.9 Å². The second-order valence-corrected chi connectivity index (χ2v) is 12.2. The molecule has 2 amide bonds. The predicted octanol–water partition coefficient (Wildman–Crippen LogP) is 3.98. The Morgan fingerprint density at radius 2 is 1.77 bits per heavy atom. The average molecular weight is 534 g/mol. The lowest BCUT2D eigenvalue weighted by molar-refractivity contribution is -0.135. The lowest BCUT2D eigenvalue weighted by atomic mass is 9.79. The first kappa shape index (κ1) is 27.5. The molecule has 9 nitrogen and oxygen atoms in total. The number of carbonyl (C=O) groups excluding carboxylic acids is 2. The summed E-state index contributed by atoms with van der Waals surface area (Å²) in [6, 6.07) is 7.06. The molecule has 0 spiro atoms. The molecule has 1 saturated carbocycles. The zero-order chi connectivity index (χ0) is 28.1. The second kappa shape index (κ2) is 10.1. The van der Waals surface area contributed by atoms with Crippen molar-refractivity contribution < 1.29 is 23.6 Å². The minimum atomic E-state index is -0.691. The van der Waals surface area contributed by atoms with Gasteiger partial charge in [-0.1, -0.05) is 44.2 Å². The van der Waals surface area contributed by atoms with Crippen LogP contribution in [0.2, 0.25) is 0 Å². The molecular weight excluding hydrogens is 495 g/mol. The molecule has 2 fully saturated rings. The molecule has 0 bridgehead atoms. The van der Waals surface area contributed by atoms with Crippen molar-refractivity contribution in [2.45, 2.75) is 77.7 Å². The second-order valence-electron chi connectivity index (χ2n) is 12.2. The van der Waals surface area contributed by atoms with Gasteiger partial charge in [-0.25, -0.2) is 9.78 Å². The molecule has 39 heavy (non-hydrogen) atoms. The summed E-state index contributed by atoms with van der Waals surface area (Å²) in [5, 5.41) is 2.72. The Morgan fingerprint density at radius 1 is 1.13 bits per heavy atom. The number of hydrogen-bond donors (Lipinski definition) is 2. The number of nitrogens with zero attached hydrogens (tertiary/aromatic N) is 2. The van der Waals surface area contributed by atoms with Crippen LogP contribution in [0.15, 0.2) is 42.1 Å². The molecular formula is C29H39BN4O5. The number of hydrogen-bond acceptors (Lipinski definition) is 6. The van der Waals surface area contributed by atoms with Gasteiger partial charge in [0.25, 0.3) is 0 Å². The first-order valence-corrected chi connectivity index (χ1v) is 13.8. The van der Waals surface area contributed by atoms with E-state index in [0.29, 0.717) is 18.3 Å². The van der Waals surface area contributed by atoms with Gasteiger partial charge in [-0.2, -0.15) is 0 Å². The maximum atomic E-state index is 13.7. The monoisotopic (exact) mass is 534 g/mol. The van der Waals surface area contributed by atoms with Crippen LogP contribution >= 0.6 is 0 Å². The van der Waals surface area contributed by atoms with E-state index in [1.165, 1.54) is 12.7 Å². The van der Waals surface area contributed by atoms with Crippen molar-refractivity contribution in [2.24, 2.45) is 11.8 Å². The zero-order valence-corrected chi connectivity index (χ0v) is 23.9. The highest BCUT2D eigenvalue weighted by Crippen LogP contribution is 2.43. The van der Waals surface area contributed by atoms with Gasteiger partial charge in [0.05, 0.1) is 30.2 Å². The third-order valence-corrected chi connectivity index (χ3v) is 8.46. The molecule has 1 saturated heterocycles. The van der Waals surface area contributed by atoms with Gasteiger partial charge < -0.3 is 29.2 Å². The van der Waals surface area contributed by atoms with E-state index in [1.807, 2.05) is 70.7 Å². The summed E-state index contributed by atoms with van der Waals surface area (Å²) in [6.45, 7) is 12.5. The molecule has 2 atom stereocenters. The van der Waals surface area contributed by atoms with E-state index in [9.17, 15) is 9.59 Å². The molecule has 10 heteroatoms. The van der Waals surface area contributed by atoms with Crippen molar-refractivity contribution in [1.82, 2.24) is 20.2 Å². The molecule has 5 rings (SSSR count). The van der Waals surface area contributed by atoms with Crippen molar-refractivity contribution in [2.75, 3.05) is 13.7 Å². The fraction of sp³-hybridized carbons (Fsp3) is 0.552. The molecule has 0 radical (unpaired) electrons. The predicted molar refractivity (Wildman–Crippen MR) is 149 cm³/mol. The molecule has 208 valence electrons.